The van der Waals surface area contributed by atoms with E-state index in [4.69, 9.17) is 30.1 Å². The zero-order valence-electron chi connectivity index (χ0n) is 25.6. The molecule has 2 aliphatic rings. The maximum Gasteiger partial charge on any atom is 0.459 e. The molecule has 0 unspecified atom stereocenters. The van der Waals surface area contributed by atoms with Gasteiger partial charge >= 0.3 is 13.7 Å². The Bertz CT molecular complexity index is 1530. The third kappa shape index (κ3) is 7.42. The summed E-state index contributed by atoms with van der Waals surface area (Å²) in [6, 6.07) is 7.29. The first-order valence-electron chi connectivity index (χ1n) is 14.9. The van der Waals surface area contributed by atoms with Crippen LogP contribution in [0.4, 0.5) is 10.2 Å². The maximum absolute atomic E-state index is 15.9. The van der Waals surface area contributed by atoms with E-state index in [1.165, 1.54) is 17.8 Å². The molecule has 1 aliphatic carbocycles. The molecule has 5 rings (SSSR count). The SMILES string of the molecule is Cc1nc(NC2CCCC2)c2ncn([C@@H]3O[C@](CCl)(CO[P@](=O)(N[C@@H](C)C(=O)OC(C)C)Oc4ccccc4)[C@@H](O)[C@@H]3F)c2n1. The Morgan fingerprint density at radius 3 is 2.62 bits per heavy atom. The number of alkyl halides is 2. The average Bonchev–Trinajstić information content (AvgIpc) is 3.72. The smallest absolute Gasteiger partial charge is 0.459 e. The van der Waals surface area contributed by atoms with Crippen molar-refractivity contribution in [2.45, 2.75) is 95.7 Å². The molecule has 0 radical (unpaired) electrons. The molecule has 1 aromatic carbocycles. The largest absolute Gasteiger partial charge is 0.462 e. The molecule has 13 nitrogen and oxygen atoms in total. The van der Waals surface area contributed by atoms with Gasteiger partial charge in [-0.05, 0) is 52.7 Å². The van der Waals surface area contributed by atoms with Crippen molar-refractivity contribution >= 4 is 42.3 Å². The van der Waals surface area contributed by atoms with Gasteiger partial charge in [-0.15, -0.1) is 11.6 Å². The molecule has 2 aromatic heterocycles. The zero-order chi connectivity index (χ0) is 32.4. The van der Waals surface area contributed by atoms with E-state index in [2.05, 4.69) is 25.4 Å². The first kappa shape index (κ1) is 33.5. The number of para-hydroxylation sites is 1. The number of aliphatic hydroxyl groups excluding tert-OH is 1. The molecule has 3 N–H and O–H groups in total. The second kappa shape index (κ2) is 13.9. The van der Waals surface area contributed by atoms with Gasteiger partial charge in [0.05, 0.1) is 24.9 Å². The van der Waals surface area contributed by atoms with Crippen LogP contribution in [0.25, 0.3) is 11.2 Å². The number of esters is 1. The lowest BCUT2D eigenvalue weighted by Crippen LogP contribution is -2.48. The average molecular weight is 669 g/mol. The third-order valence-corrected chi connectivity index (χ3v) is 9.78. The number of aliphatic hydroxyl groups is 1. The van der Waals surface area contributed by atoms with Crippen molar-refractivity contribution < 1.29 is 37.4 Å². The predicted molar refractivity (Wildman–Crippen MR) is 165 cm³/mol. The molecular formula is C29H39ClFN6O7P. The van der Waals surface area contributed by atoms with Crippen LogP contribution >= 0.6 is 19.3 Å². The molecule has 16 heteroatoms. The predicted octanol–water partition coefficient (Wildman–Crippen LogP) is 4.83. The van der Waals surface area contributed by atoms with Crippen LogP contribution < -0.4 is 14.9 Å². The van der Waals surface area contributed by atoms with E-state index in [9.17, 15) is 14.5 Å². The fourth-order valence-electron chi connectivity index (χ4n) is 5.40. The first-order valence-corrected chi connectivity index (χ1v) is 17.0. The summed E-state index contributed by atoms with van der Waals surface area (Å²) in [6.07, 6.45) is 0.0389. The standard InChI is InChI=1S/C29H39ClFN6O7P/c1-17(2)42-28(39)18(3)36-45(40,44-21-12-6-5-7-13-21)41-15-29(14-30)24(38)22(31)27(43-29)37-16-32-23-25(33-19(4)34-26(23)37)35-20-10-8-9-11-20/h5-7,12-13,16-18,20,22,24,27,38H,8-11,14-15H2,1-4H3,(H,36,40)(H,33,34,35)/t18-,22-,24-,27+,29+,45+/m0/s1. The second-order valence-corrected chi connectivity index (χ2v) is 13.6. The maximum atomic E-state index is 15.9. The summed E-state index contributed by atoms with van der Waals surface area (Å²) in [5.74, 6) is 0.0368. The van der Waals surface area contributed by atoms with E-state index in [1.54, 1.807) is 51.1 Å². The Labute approximate surface area is 265 Å². The van der Waals surface area contributed by atoms with Gasteiger partial charge in [-0.3, -0.25) is 13.9 Å². The van der Waals surface area contributed by atoms with Crippen molar-refractivity contribution in [3.05, 3.63) is 42.5 Å². The van der Waals surface area contributed by atoms with Crippen LogP contribution in [-0.4, -0.2) is 79.1 Å². The summed E-state index contributed by atoms with van der Waals surface area (Å²) in [7, 11) is -4.37. The highest BCUT2D eigenvalue weighted by molar-refractivity contribution is 7.52. The number of carbonyl (C=O) groups is 1. The Balaban J connectivity index is 1.39. The van der Waals surface area contributed by atoms with Gasteiger partial charge in [-0.2, -0.15) is 5.09 Å². The number of ether oxygens (including phenoxy) is 2. The minimum absolute atomic E-state index is 0.175. The molecule has 3 heterocycles. The van der Waals surface area contributed by atoms with Gasteiger partial charge in [0.25, 0.3) is 0 Å². The van der Waals surface area contributed by atoms with Crippen LogP contribution in [0.3, 0.4) is 0 Å². The van der Waals surface area contributed by atoms with Crippen molar-refractivity contribution in [1.82, 2.24) is 24.6 Å². The summed E-state index contributed by atoms with van der Waals surface area (Å²) >= 11 is 6.30. The molecule has 45 heavy (non-hydrogen) atoms. The van der Waals surface area contributed by atoms with Crippen LogP contribution in [0.15, 0.2) is 36.7 Å². The van der Waals surface area contributed by atoms with E-state index in [0.717, 1.165) is 25.7 Å². The van der Waals surface area contributed by atoms with Crippen LogP contribution in [-0.2, 0) is 23.4 Å². The van der Waals surface area contributed by atoms with Gasteiger partial charge in [0, 0.05) is 6.04 Å². The second-order valence-electron chi connectivity index (χ2n) is 11.7. The number of aromatic nitrogens is 4. The molecule has 0 spiro atoms. The van der Waals surface area contributed by atoms with Gasteiger partial charge < -0.3 is 24.4 Å². The molecule has 3 aromatic rings. The van der Waals surface area contributed by atoms with E-state index >= 15 is 4.39 Å². The molecule has 246 valence electrons. The lowest BCUT2D eigenvalue weighted by Gasteiger charge is -2.31. The van der Waals surface area contributed by atoms with E-state index in [0.29, 0.717) is 22.8 Å². The molecule has 6 atom stereocenters. The van der Waals surface area contributed by atoms with Crippen molar-refractivity contribution in [2.75, 3.05) is 17.8 Å². The Morgan fingerprint density at radius 2 is 1.96 bits per heavy atom. The van der Waals surface area contributed by atoms with Gasteiger partial charge in [-0.1, -0.05) is 31.0 Å². The van der Waals surface area contributed by atoms with Crippen LogP contribution in [0.1, 0.15) is 58.5 Å². The summed E-state index contributed by atoms with van der Waals surface area (Å²) in [5, 5.41) is 17.1. The third-order valence-electron chi connectivity index (χ3n) is 7.70. The zero-order valence-corrected chi connectivity index (χ0v) is 27.2. The molecule has 1 saturated heterocycles. The van der Waals surface area contributed by atoms with Crippen molar-refractivity contribution in [3.63, 3.8) is 0 Å². The number of hydrogen-bond donors (Lipinski definition) is 3. The summed E-state index contributed by atoms with van der Waals surface area (Å²) in [5.41, 5.74) is -1.12. The molecule has 1 aliphatic heterocycles. The summed E-state index contributed by atoms with van der Waals surface area (Å²) < 4.78 is 54.0. The highest BCUT2D eigenvalue weighted by atomic mass is 35.5. The number of hydrogen-bond acceptors (Lipinski definition) is 11. The van der Waals surface area contributed by atoms with Crippen LogP contribution in [0.2, 0.25) is 0 Å². The number of aryl methyl sites for hydroxylation is 1. The monoisotopic (exact) mass is 668 g/mol. The van der Waals surface area contributed by atoms with Crippen molar-refractivity contribution in [2.24, 2.45) is 0 Å². The first-order chi connectivity index (χ1) is 21.4. The number of nitrogens with one attached hydrogen (secondary N) is 2. The number of anilines is 1. The Kier molecular flexibility index (Phi) is 10.3. The van der Waals surface area contributed by atoms with Crippen molar-refractivity contribution in [1.29, 1.82) is 0 Å². The Hall–Kier alpha value is -2.87. The quantitative estimate of drug-likeness (QED) is 0.130. The highest BCUT2D eigenvalue weighted by Crippen LogP contribution is 2.49. The molecule has 0 bridgehead atoms. The number of imidazole rings is 1. The number of fused-ring (bicyclic) bond motifs is 1. The van der Waals surface area contributed by atoms with E-state index < -0.39 is 62.5 Å². The fraction of sp³-hybridized carbons (Fsp3) is 0.586. The highest BCUT2D eigenvalue weighted by Gasteiger charge is 2.57. The van der Waals surface area contributed by atoms with E-state index in [1.807, 2.05) is 0 Å². The lowest BCUT2D eigenvalue weighted by atomic mass is 9.99. The molecule has 0 amide bonds. The molecular weight excluding hydrogens is 630 g/mol. The Morgan fingerprint density at radius 1 is 1.24 bits per heavy atom. The number of benzene rings is 1. The number of carbonyl (C=O) groups excluding carboxylic acids is 1. The van der Waals surface area contributed by atoms with Crippen LogP contribution in [0, 0.1) is 6.92 Å². The van der Waals surface area contributed by atoms with Gasteiger partial charge in [0.2, 0.25) is 0 Å². The fourth-order valence-corrected chi connectivity index (χ4v) is 7.25. The normalized spacial score (nSPS) is 25.8. The number of nitrogens with zero attached hydrogens (tertiary/aromatic N) is 4. The summed E-state index contributed by atoms with van der Waals surface area (Å²) in [6.45, 7) is 5.85. The van der Waals surface area contributed by atoms with E-state index in [-0.39, 0.29) is 11.8 Å². The van der Waals surface area contributed by atoms with Gasteiger partial charge in [0.15, 0.2) is 29.4 Å². The molecule has 1 saturated carbocycles. The lowest BCUT2D eigenvalue weighted by molar-refractivity contribution is -0.149. The number of rotatable bonds is 13. The topological polar surface area (TPSA) is 159 Å². The summed E-state index contributed by atoms with van der Waals surface area (Å²) in [4.78, 5) is 26.0. The van der Waals surface area contributed by atoms with Crippen molar-refractivity contribution in [3.8, 4) is 5.75 Å². The van der Waals surface area contributed by atoms with Crippen LogP contribution in [0.5, 0.6) is 5.75 Å². The minimum Gasteiger partial charge on any atom is -0.462 e. The molecule has 2 fully saturated rings. The number of halogens is 2. The van der Waals surface area contributed by atoms with Gasteiger partial charge in [-0.25, -0.2) is 23.9 Å². The minimum atomic E-state index is -4.37. The van der Waals surface area contributed by atoms with Gasteiger partial charge in [0.1, 0.15) is 29.3 Å².